The van der Waals surface area contributed by atoms with Crippen LogP contribution in [0.1, 0.15) is 12.6 Å². The smallest absolute Gasteiger partial charge is 0.368 e. The van der Waals surface area contributed by atoms with Crippen molar-refractivity contribution in [3.63, 3.8) is 0 Å². The van der Waals surface area contributed by atoms with Crippen molar-refractivity contribution in [2.75, 3.05) is 26.0 Å². The van der Waals surface area contributed by atoms with Crippen LogP contribution in [0.25, 0.3) is 11.5 Å². The molecule has 2 rings (SSSR count). The Hall–Kier alpha value is -2.22. The molecule has 124 valence electrons. The quantitative estimate of drug-likeness (QED) is 0.916. The molecule has 0 aliphatic carbocycles. The van der Waals surface area contributed by atoms with Crippen molar-refractivity contribution < 1.29 is 13.2 Å². The van der Waals surface area contributed by atoms with Crippen molar-refractivity contribution in [3.8, 4) is 11.5 Å². The van der Waals surface area contributed by atoms with E-state index in [4.69, 9.17) is 0 Å². The Kier molecular flexibility index (Phi) is 5.15. The maximum Gasteiger partial charge on any atom is 0.433 e. The van der Waals surface area contributed by atoms with Gasteiger partial charge in [-0.15, -0.1) is 0 Å². The zero-order chi connectivity index (χ0) is 17.0. The van der Waals surface area contributed by atoms with Gasteiger partial charge in [0.1, 0.15) is 11.5 Å². The predicted octanol–water partition coefficient (Wildman–Crippen LogP) is 2.92. The highest BCUT2D eigenvalue weighted by Gasteiger charge is 2.34. The number of hydrogen-bond acceptors (Lipinski definition) is 5. The summed E-state index contributed by atoms with van der Waals surface area (Å²) in [7, 11) is 3.79. The fourth-order valence-electron chi connectivity index (χ4n) is 1.73. The lowest BCUT2D eigenvalue weighted by Crippen LogP contribution is -2.31. The summed E-state index contributed by atoms with van der Waals surface area (Å²) in [5.41, 5.74) is -0.699. The van der Waals surface area contributed by atoms with E-state index in [9.17, 15) is 13.2 Å². The lowest BCUT2D eigenvalue weighted by atomic mass is 10.3. The highest BCUT2D eigenvalue weighted by Crippen LogP contribution is 2.30. The van der Waals surface area contributed by atoms with E-state index in [-0.39, 0.29) is 17.7 Å². The van der Waals surface area contributed by atoms with Gasteiger partial charge in [0.15, 0.2) is 11.5 Å². The van der Waals surface area contributed by atoms with Crippen LogP contribution in [0, 0.1) is 0 Å². The van der Waals surface area contributed by atoms with Gasteiger partial charge in [-0.2, -0.15) is 13.2 Å². The lowest BCUT2D eigenvalue weighted by molar-refractivity contribution is -0.141. The van der Waals surface area contributed by atoms with Gasteiger partial charge in [0.05, 0.1) is 0 Å². The van der Waals surface area contributed by atoms with Gasteiger partial charge >= 0.3 is 6.18 Å². The van der Waals surface area contributed by atoms with Crippen LogP contribution in [0.3, 0.4) is 0 Å². The van der Waals surface area contributed by atoms with Gasteiger partial charge in [0, 0.05) is 24.8 Å². The predicted molar refractivity (Wildman–Crippen MR) is 81.9 cm³/mol. The van der Waals surface area contributed by atoms with Gasteiger partial charge in [-0.1, -0.05) is 6.07 Å². The first-order valence-corrected chi connectivity index (χ1v) is 7.05. The normalized spacial score (nSPS) is 13.2. The highest BCUT2D eigenvalue weighted by atomic mass is 19.4. The molecular weight excluding hydrogens is 307 g/mol. The average Bonchev–Trinajstić information content (AvgIpc) is 2.52. The molecule has 0 bridgehead atoms. The molecule has 0 saturated heterocycles. The fourth-order valence-corrected chi connectivity index (χ4v) is 1.73. The SMILES string of the molecule is C[C@H](CNc1cc(C(F)(F)F)nc(-c2ccccn2)n1)N(C)C. The van der Waals surface area contributed by atoms with E-state index in [1.165, 1.54) is 6.20 Å². The molecule has 0 spiro atoms. The summed E-state index contributed by atoms with van der Waals surface area (Å²) in [5, 5.41) is 2.93. The Labute approximate surface area is 132 Å². The van der Waals surface area contributed by atoms with E-state index >= 15 is 0 Å². The van der Waals surface area contributed by atoms with E-state index in [1.807, 2.05) is 25.9 Å². The number of rotatable bonds is 5. The molecular formula is C15H18F3N5. The van der Waals surface area contributed by atoms with Crippen LogP contribution in [0.4, 0.5) is 19.0 Å². The highest BCUT2D eigenvalue weighted by molar-refractivity contribution is 5.53. The van der Waals surface area contributed by atoms with Crippen LogP contribution >= 0.6 is 0 Å². The molecule has 0 aliphatic heterocycles. The third kappa shape index (κ3) is 4.62. The van der Waals surface area contributed by atoms with E-state index in [1.54, 1.807) is 18.2 Å². The third-order valence-electron chi connectivity index (χ3n) is 3.37. The van der Waals surface area contributed by atoms with Crippen LogP contribution in [0.2, 0.25) is 0 Å². The van der Waals surface area contributed by atoms with E-state index < -0.39 is 11.9 Å². The Bertz CT molecular complexity index is 643. The summed E-state index contributed by atoms with van der Waals surface area (Å²) in [6.45, 7) is 2.42. The van der Waals surface area contributed by atoms with Gasteiger partial charge in [0.25, 0.3) is 0 Å². The summed E-state index contributed by atoms with van der Waals surface area (Å²) in [5.74, 6) is 0.0714. The van der Waals surface area contributed by atoms with Gasteiger partial charge in [-0.25, -0.2) is 9.97 Å². The van der Waals surface area contributed by atoms with Gasteiger partial charge in [-0.3, -0.25) is 4.98 Å². The standard InChI is InChI=1S/C15H18F3N5/c1-10(23(2)3)9-20-13-8-12(15(16,17)18)21-14(22-13)11-6-4-5-7-19-11/h4-8,10H,9H2,1-3H3,(H,20,21,22)/t10-/m1/s1. The molecule has 0 unspecified atom stereocenters. The Morgan fingerprint density at radius 1 is 1.22 bits per heavy atom. The maximum absolute atomic E-state index is 13.0. The van der Waals surface area contributed by atoms with E-state index in [2.05, 4.69) is 20.3 Å². The first-order chi connectivity index (χ1) is 10.8. The zero-order valence-corrected chi connectivity index (χ0v) is 13.1. The molecule has 0 fully saturated rings. The Morgan fingerprint density at radius 2 is 1.96 bits per heavy atom. The minimum Gasteiger partial charge on any atom is -0.368 e. The minimum absolute atomic E-state index is 0.0552. The molecule has 0 aromatic carbocycles. The van der Waals surface area contributed by atoms with Crippen LogP contribution in [-0.2, 0) is 6.18 Å². The molecule has 8 heteroatoms. The van der Waals surface area contributed by atoms with Crippen LogP contribution in [0.15, 0.2) is 30.5 Å². The molecule has 1 atom stereocenters. The summed E-state index contributed by atoms with van der Waals surface area (Å²) < 4.78 is 39.1. The molecule has 5 nitrogen and oxygen atoms in total. The number of likely N-dealkylation sites (N-methyl/N-ethyl adjacent to an activating group) is 1. The second-order valence-electron chi connectivity index (χ2n) is 5.37. The largest absolute Gasteiger partial charge is 0.433 e. The van der Waals surface area contributed by atoms with Crippen molar-refractivity contribution in [1.29, 1.82) is 0 Å². The molecule has 0 saturated carbocycles. The van der Waals surface area contributed by atoms with Gasteiger partial charge < -0.3 is 10.2 Å². The molecule has 0 aliphatic rings. The first-order valence-electron chi connectivity index (χ1n) is 7.05. The third-order valence-corrected chi connectivity index (χ3v) is 3.37. The fraction of sp³-hybridized carbons (Fsp3) is 0.400. The van der Waals surface area contributed by atoms with Gasteiger partial charge in [-0.05, 0) is 33.2 Å². The molecule has 0 radical (unpaired) electrons. The first kappa shape index (κ1) is 17.1. The maximum atomic E-state index is 13.0. The number of alkyl halides is 3. The van der Waals surface area contributed by atoms with E-state index in [0.717, 1.165) is 6.07 Å². The summed E-state index contributed by atoms with van der Waals surface area (Å²) in [4.78, 5) is 13.7. The number of hydrogen-bond donors (Lipinski definition) is 1. The van der Waals surface area contributed by atoms with Crippen molar-refractivity contribution in [3.05, 3.63) is 36.2 Å². The second kappa shape index (κ2) is 6.91. The number of halogens is 3. The van der Waals surface area contributed by atoms with Crippen LogP contribution in [0.5, 0.6) is 0 Å². The lowest BCUT2D eigenvalue weighted by Gasteiger charge is -2.20. The minimum atomic E-state index is -4.55. The number of nitrogens with one attached hydrogen (secondary N) is 1. The van der Waals surface area contributed by atoms with Crippen molar-refractivity contribution in [2.24, 2.45) is 0 Å². The number of nitrogens with zero attached hydrogens (tertiary/aromatic N) is 4. The molecule has 1 N–H and O–H groups in total. The zero-order valence-electron chi connectivity index (χ0n) is 13.1. The Morgan fingerprint density at radius 3 is 2.52 bits per heavy atom. The van der Waals surface area contributed by atoms with Crippen molar-refractivity contribution in [1.82, 2.24) is 19.9 Å². The molecule has 23 heavy (non-hydrogen) atoms. The van der Waals surface area contributed by atoms with Gasteiger partial charge in [0.2, 0.25) is 0 Å². The summed E-state index contributed by atoms with van der Waals surface area (Å²) in [6, 6.07) is 5.97. The summed E-state index contributed by atoms with van der Waals surface area (Å²) in [6.07, 6.45) is -3.06. The monoisotopic (exact) mass is 325 g/mol. The van der Waals surface area contributed by atoms with Crippen molar-refractivity contribution >= 4 is 5.82 Å². The van der Waals surface area contributed by atoms with Crippen LogP contribution < -0.4 is 5.32 Å². The number of anilines is 1. The topological polar surface area (TPSA) is 53.9 Å². The summed E-state index contributed by atoms with van der Waals surface area (Å²) >= 11 is 0. The van der Waals surface area contributed by atoms with E-state index in [0.29, 0.717) is 12.2 Å². The van der Waals surface area contributed by atoms with Crippen LogP contribution in [-0.4, -0.2) is 46.5 Å². The number of aromatic nitrogens is 3. The Balaban J connectivity index is 2.34. The second-order valence-corrected chi connectivity index (χ2v) is 5.37. The average molecular weight is 325 g/mol. The molecule has 2 aromatic heterocycles. The molecule has 2 aromatic rings. The molecule has 0 amide bonds. The number of pyridine rings is 1. The molecule has 2 heterocycles. The van der Waals surface area contributed by atoms with Crippen molar-refractivity contribution in [2.45, 2.75) is 19.1 Å².